The van der Waals surface area contributed by atoms with Gasteiger partial charge in [-0.15, -0.1) is 0 Å². The van der Waals surface area contributed by atoms with Crippen LogP contribution in [0.2, 0.25) is 0 Å². The molecular formula is C22H26N4O. The van der Waals surface area contributed by atoms with Crippen LogP contribution in [0.3, 0.4) is 0 Å². The molecule has 0 aliphatic carbocycles. The van der Waals surface area contributed by atoms with Crippen LogP contribution in [0.1, 0.15) is 36.3 Å². The number of carbonyl (C=O) groups is 1. The van der Waals surface area contributed by atoms with Gasteiger partial charge in [-0.3, -0.25) is 9.48 Å². The molecular weight excluding hydrogens is 336 g/mol. The first-order chi connectivity index (χ1) is 12.9. The maximum absolute atomic E-state index is 13.5. The lowest BCUT2D eigenvalue weighted by Crippen LogP contribution is -2.42. The molecule has 1 aliphatic rings. The van der Waals surface area contributed by atoms with E-state index in [1.165, 1.54) is 6.42 Å². The Hall–Kier alpha value is -2.69. The molecule has 140 valence electrons. The number of pyridine rings is 1. The number of aromatic nitrogens is 3. The summed E-state index contributed by atoms with van der Waals surface area (Å²) in [6, 6.07) is 12.0. The van der Waals surface area contributed by atoms with Gasteiger partial charge in [0.15, 0.2) is 5.65 Å². The van der Waals surface area contributed by atoms with Gasteiger partial charge in [0.25, 0.3) is 5.91 Å². The summed E-state index contributed by atoms with van der Waals surface area (Å²) in [5, 5.41) is 5.40. The molecule has 2 aromatic heterocycles. The van der Waals surface area contributed by atoms with Crippen molar-refractivity contribution in [2.45, 2.75) is 27.2 Å². The number of amides is 1. The zero-order valence-electron chi connectivity index (χ0n) is 16.4. The summed E-state index contributed by atoms with van der Waals surface area (Å²) in [6.45, 7) is 8.02. The summed E-state index contributed by atoms with van der Waals surface area (Å²) in [4.78, 5) is 20.3. The maximum atomic E-state index is 13.5. The van der Waals surface area contributed by atoms with Gasteiger partial charge in [-0.05, 0) is 31.2 Å². The Morgan fingerprint density at radius 1 is 1.11 bits per heavy atom. The third-order valence-electron chi connectivity index (χ3n) is 5.42. The molecule has 0 N–H and O–H groups in total. The van der Waals surface area contributed by atoms with Crippen molar-refractivity contribution in [3.05, 3.63) is 47.7 Å². The number of rotatable bonds is 2. The molecule has 2 unspecified atom stereocenters. The number of aryl methyl sites for hydroxylation is 2. The van der Waals surface area contributed by atoms with E-state index in [4.69, 9.17) is 4.98 Å². The average Bonchev–Trinajstić information content (AvgIpc) is 2.94. The van der Waals surface area contributed by atoms with Gasteiger partial charge in [0.1, 0.15) is 0 Å². The second-order valence-corrected chi connectivity index (χ2v) is 7.98. The molecule has 3 aromatic rings. The minimum atomic E-state index is 0.0917. The maximum Gasteiger partial charge on any atom is 0.254 e. The first-order valence-electron chi connectivity index (χ1n) is 9.63. The van der Waals surface area contributed by atoms with E-state index in [2.05, 4.69) is 18.9 Å². The van der Waals surface area contributed by atoms with Crippen LogP contribution in [-0.2, 0) is 7.05 Å². The number of hydrogen-bond donors (Lipinski definition) is 0. The van der Waals surface area contributed by atoms with E-state index in [9.17, 15) is 4.79 Å². The third-order valence-corrected chi connectivity index (χ3v) is 5.42. The number of likely N-dealkylation sites (tertiary alicyclic amines) is 1. The van der Waals surface area contributed by atoms with E-state index in [-0.39, 0.29) is 5.91 Å². The summed E-state index contributed by atoms with van der Waals surface area (Å²) >= 11 is 0. The Bertz CT molecular complexity index is 982. The van der Waals surface area contributed by atoms with Crippen LogP contribution in [0.15, 0.2) is 36.4 Å². The number of fused-ring (bicyclic) bond motifs is 1. The van der Waals surface area contributed by atoms with Crippen molar-refractivity contribution >= 4 is 16.9 Å². The number of carbonyl (C=O) groups excluding carboxylic acids is 1. The molecule has 1 aliphatic heterocycles. The van der Waals surface area contributed by atoms with E-state index in [0.717, 1.165) is 41.1 Å². The fraction of sp³-hybridized carbons (Fsp3) is 0.409. The number of hydrogen-bond acceptors (Lipinski definition) is 3. The Kier molecular flexibility index (Phi) is 4.46. The molecule has 0 saturated carbocycles. The second kappa shape index (κ2) is 6.80. The number of benzene rings is 1. The summed E-state index contributed by atoms with van der Waals surface area (Å²) < 4.78 is 1.77. The van der Waals surface area contributed by atoms with Crippen molar-refractivity contribution < 1.29 is 4.79 Å². The molecule has 0 radical (unpaired) electrons. The largest absolute Gasteiger partial charge is 0.338 e. The van der Waals surface area contributed by atoms with Gasteiger partial charge in [0, 0.05) is 25.7 Å². The van der Waals surface area contributed by atoms with Crippen LogP contribution in [0.4, 0.5) is 0 Å². The second-order valence-electron chi connectivity index (χ2n) is 7.98. The smallest absolute Gasteiger partial charge is 0.254 e. The molecule has 1 amide bonds. The molecule has 5 heteroatoms. The standard InChI is InChI=1S/C22H26N4O/c1-14-10-15(2)13-26(12-14)22(27)18-11-19(17-8-6-5-7-9-17)23-21-20(18)16(3)24-25(21)4/h5-9,11,14-15H,10,12-13H2,1-4H3. The van der Waals surface area contributed by atoms with Gasteiger partial charge in [0.05, 0.1) is 22.3 Å². The van der Waals surface area contributed by atoms with E-state index >= 15 is 0 Å². The quantitative estimate of drug-likeness (QED) is 0.691. The predicted molar refractivity (Wildman–Crippen MR) is 108 cm³/mol. The lowest BCUT2D eigenvalue weighted by Gasteiger charge is -2.35. The summed E-state index contributed by atoms with van der Waals surface area (Å²) in [5.41, 5.74) is 4.14. The van der Waals surface area contributed by atoms with Crippen LogP contribution in [0.5, 0.6) is 0 Å². The van der Waals surface area contributed by atoms with Crippen molar-refractivity contribution in [3.63, 3.8) is 0 Å². The zero-order chi connectivity index (χ0) is 19.1. The normalized spacial score (nSPS) is 20.2. The first-order valence-corrected chi connectivity index (χ1v) is 9.63. The van der Waals surface area contributed by atoms with Gasteiger partial charge >= 0.3 is 0 Å². The highest BCUT2D eigenvalue weighted by atomic mass is 16.2. The van der Waals surface area contributed by atoms with Gasteiger partial charge in [-0.2, -0.15) is 5.10 Å². The predicted octanol–water partition coefficient (Wildman–Crippen LogP) is 4.06. The highest BCUT2D eigenvalue weighted by Crippen LogP contribution is 2.29. The molecule has 3 heterocycles. The molecule has 1 saturated heterocycles. The topological polar surface area (TPSA) is 51.0 Å². The highest BCUT2D eigenvalue weighted by molar-refractivity contribution is 6.07. The van der Waals surface area contributed by atoms with E-state index in [1.54, 1.807) is 4.68 Å². The Labute approximate surface area is 160 Å². The van der Waals surface area contributed by atoms with Gasteiger partial charge in [-0.1, -0.05) is 44.2 Å². The van der Waals surface area contributed by atoms with Crippen LogP contribution >= 0.6 is 0 Å². The third kappa shape index (κ3) is 3.22. The molecule has 4 rings (SSSR count). The minimum Gasteiger partial charge on any atom is -0.338 e. The first kappa shape index (κ1) is 17.7. The molecule has 27 heavy (non-hydrogen) atoms. The lowest BCUT2D eigenvalue weighted by atomic mass is 9.91. The Morgan fingerprint density at radius 2 is 1.78 bits per heavy atom. The van der Waals surface area contributed by atoms with E-state index < -0.39 is 0 Å². The van der Waals surface area contributed by atoms with Crippen LogP contribution in [-0.4, -0.2) is 38.7 Å². The lowest BCUT2D eigenvalue weighted by molar-refractivity contribution is 0.0625. The molecule has 0 bridgehead atoms. The summed E-state index contributed by atoms with van der Waals surface area (Å²) in [5.74, 6) is 1.14. The molecule has 0 spiro atoms. The van der Waals surface area contributed by atoms with E-state index in [0.29, 0.717) is 17.4 Å². The highest BCUT2D eigenvalue weighted by Gasteiger charge is 2.28. The summed E-state index contributed by atoms with van der Waals surface area (Å²) in [6.07, 6.45) is 1.18. The fourth-order valence-electron chi connectivity index (χ4n) is 4.37. The molecule has 1 aromatic carbocycles. The fourth-order valence-corrected chi connectivity index (χ4v) is 4.37. The average molecular weight is 362 g/mol. The number of nitrogens with zero attached hydrogens (tertiary/aromatic N) is 4. The summed E-state index contributed by atoms with van der Waals surface area (Å²) in [7, 11) is 1.89. The minimum absolute atomic E-state index is 0.0917. The van der Waals surface area contributed by atoms with Crippen molar-refractivity contribution in [3.8, 4) is 11.3 Å². The van der Waals surface area contributed by atoms with Crippen molar-refractivity contribution in [2.24, 2.45) is 18.9 Å². The van der Waals surface area contributed by atoms with Crippen LogP contribution in [0, 0.1) is 18.8 Å². The van der Waals surface area contributed by atoms with Gasteiger partial charge in [0.2, 0.25) is 0 Å². The Morgan fingerprint density at radius 3 is 2.44 bits per heavy atom. The monoisotopic (exact) mass is 362 g/mol. The van der Waals surface area contributed by atoms with Gasteiger partial charge in [-0.25, -0.2) is 4.98 Å². The number of piperidine rings is 1. The van der Waals surface area contributed by atoms with Crippen molar-refractivity contribution in [2.75, 3.05) is 13.1 Å². The molecule has 5 nitrogen and oxygen atoms in total. The van der Waals surface area contributed by atoms with Crippen molar-refractivity contribution in [1.82, 2.24) is 19.7 Å². The van der Waals surface area contributed by atoms with Gasteiger partial charge < -0.3 is 4.90 Å². The van der Waals surface area contributed by atoms with E-state index in [1.807, 2.05) is 55.3 Å². The molecule has 2 atom stereocenters. The molecule has 1 fully saturated rings. The SMILES string of the molecule is Cc1nn(C)c2nc(-c3ccccc3)cc(C(=O)N3CC(C)CC(C)C3)c12. The Balaban J connectivity index is 1.87. The van der Waals surface area contributed by atoms with Crippen LogP contribution < -0.4 is 0 Å². The van der Waals surface area contributed by atoms with Crippen LogP contribution in [0.25, 0.3) is 22.3 Å². The van der Waals surface area contributed by atoms with Crippen molar-refractivity contribution in [1.29, 1.82) is 0 Å². The zero-order valence-corrected chi connectivity index (χ0v) is 16.4.